The number of nitrogens with zero attached hydrogens (tertiary/aromatic N) is 3. The van der Waals surface area contributed by atoms with Gasteiger partial charge in [0.25, 0.3) is 0 Å². The van der Waals surface area contributed by atoms with Crippen molar-refractivity contribution in [1.29, 1.82) is 0 Å². The van der Waals surface area contributed by atoms with Crippen LogP contribution in [0, 0.1) is 0 Å². The lowest BCUT2D eigenvalue weighted by Gasteiger charge is -2.33. The molecule has 1 saturated heterocycles. The highest BCUT2D eigenvalue weighted by Gasteiger charge is 2.28. The van der Waals surface area contributed by atoms with Gasteiger partial charge >= 0.3 is 0 Å². The van der Waals surface area contributed by atoms with E-state index in [0.29, 0.717) is 38.6 Å². The van der Waals surface area contributed by atoms with E-state index in [1.54, 1.807) is 4.90 Å². The van der Waals surface area contributed by atoms with Crippen LogP contribution >= 0.6 is 11.6 Å². The molecule has 0 N–H and O–H groups in total. The van der Waals surface area contributed by atoms with Gasteiger partial charge in [-0.15, -0.1) is 0 Å². The van der Waals surface area contributed by atoms with E-state index in [1.165, 1.54) is 0 Å². The molecule has 0 unspecified atom stereocenters. The molecule has 1 atom stereocenters. The zero-order valence-electron chi connectivity index (χ0n) is 9.73. The summed E-state index contributed by atoms with van der Waals surface area (Å²) in [7, 11) is 0. The zero-order chi connectivity index (χ0) is 12.5. The summed E-state index contributed by atoms with van der Waals surface area (Å²) in [5, 5.41) is 0.157. The van der Waals surface area contributed by atoms with E-state index >= 15 is 0 Å². The second kappa shape index (κ2) is 4.95. The maximum absolute atomic E-state index is 13.9. The molecule has 0 amide bonds. The fourth-order valence-electron chi connectivity index (χ4n) is 2.24. The Balaban J connectivity index is 2.01. The van der Waals surface area contributed by atoms with Crippen LogP contribution in [0.15, 0.2) is 0 Å². The van der Waals surface area contributed by atoms with Crippen molar-refractivity contribution in [2.24, 2.45) is 0 Å². The largest absolute Gasteiger partial charge is 0.376 e. The summed E-state index contributed by atoms with van der Waals surface area (Å²) >= 11 is 5.91. The zero-order valence-corrected chi connectivity index (χ0v) is 10.5. The fourth-order valence-corrected chi connectivity index (χ4v) is 2.42. The number of anilines is 1. The average Bonchev–Trinajstić information content (AvgIpc) is 2.38. The van der Waals surface area contributed by atoms with Gasteiger partial charge in [-0.2, -0.15) is 0 Å². The minimum absolute atomic E-state index is 0.0528. The van der Waals surface area contributed by atoms with E-state index in [1.807, 2.05) is 0 Å². The Morgan fingerprint density at radius 2 is 2.17 bits per heavy atom. The summed E-state index contributed by atoms with van der Waals surface area (Å²) in [6.07, 6.45) is -0.512. The number of morpholine rings is 1. The highest BCUT2D eigenvalue weighted by Crippen LogP contribution is 2.29. The molecular formula is C11H13ClFN3O2. The summed E-state index contributed by atoms with van der Waals surface area (Å²) in [5.74, 6) is 0.542. The highest BCUT2D eigenvalue weighted by atomic mass is 35.5. The summed E-state index contributed by atoms with van der Waals surface area (Å²) in [4.78, 5) is 9.93. The molecule has 18 heavy (non-hydrogen) atoms. The Morgan fingerprint density at radius 3 is 3.00 bits per heavy atom. The Bertz CT molecular complexity index is 460. The van der Waals surface area contributed by atoms with Gasteiger partial charge in [0.05, 0.1) is 32.1 Å². The first-order valence-corrected chi connectivity index (χ1v) is 6.25. The molecule has 98 valence electrons. The summed E-state index contributed by atoms with van der Waals surface area (Å²) in [6.45, 7) is 2.02. The van der Waals surface area contributed by atoms with E-state index in [0.717, 1.165) is 11.3 Å². The van der Waals surface area contributed by atoms with Crippen LogP contribution in [-0.2, 0) is 22.5 Å². The first-order valence-electron chi connectivity index (χ1n) is 5.87. The third-order valence-electron chi connectivity index (χ3n) is 3.12. The molecule has 0 saturated carbocycles. The van der Waals surface area contributed by atoms with Gasteiger partial charge in [0.1, 0.15) is 5.82 Å². The van der Waals surface area contributed by atoms with Crippen LogP contribution in [0.4, 0.5) is 10.2 Å². The van der Waals surface area contributed by atoms with Gasteiger partial charge in [-0.05, 0) is 11.6 Å². The molecule has 2 aliphatic heterocycles. The van der Waals surface area contributed by atoms with Crippen molar-refractivity contribution in [1.82, 2.24) is 9.97 Å². The normalized spacial score (nSPS) is 23.9. The van der Waals surface area contributed by atoms with E-state index < -0.39 is 6.30 Å². The lowest BCUT2D eigenvalue weighted by atomic mass is 10.1. The van der Waals surface area contributed by atoms with Crippen molar-refractivity contribution in [2.45, 2.75) is 19.3 Å². The first kappa shape index (κ1) is 12.1. The van der Waals surface area contributed by atoms with Crippen LogP contribution < -0.4 is 4.90 Å². The van der Waals surface area contributed by atoms with Gasteiger partial charge in [-0.3, -0.25) is 0 Å². The average molecular weight is 274 g/mol. The van der Waals surface area contributed by atoms with Crippen LogP contribution in [0.5, 0.6) is 0 Å². The van der Waals surface area contributed by atoms with Gasteiger partial charge in [-0.1, -0.05) is 0 Å². The number of halogens is 2. The number of alkyl halides is 1. The molecule has 0 bridgehead atoms. The van der Waals surface area contributed by atoms with Crippen LogP contribution in [0.2, 0.25) is 5.28 Å². The third kappa shape index (κ3) is 2.15. The molecule has 0 aliphatic carbocycles. The SMILES string of the molecule is F[C@H]1COCCN1c1nc(Cl)nc2c1COCC2. The van der Waals surface area contributed by atoms with Crippen LogP contribution in [0.1, 0.15) is 11.3 Å². The number of rotatable bonds is 1. The molecule has 5 nitrogen and oxygen atoms in total. The standard InChI is InChI=1S/C11H13ClFN3O2/c12-11-14-8-1-3-17-5-7(8)10(15-11)16-2-4-18-6-9(16)13/h9H,1-6H2/t9-/m1/s1. The Hall–Kier alpha value is -0.980. The topological polar surface area (TPSA) is 47.5 Å². The van der Waals surface area contributed by atoms with Crippen molar-refractivity contribution in [3.63, 3.8) is 0 Å². The van der Waals surface area contributed by atoms with Gasteiger partial charge in [0.15, 0.2) is 6.30 Å². The molecule has 3 rings (SSSR count). The first-order chi connectivity index (χ1) is 8.75. The van der Waals surface area contributed by atoms with Crippen molar-refractivity contribution in [2.75, 3.05) is 31.3 Å². The van der Waals surface area contributed by atoms with Gasteiger partial charge in [0, 0.05) is 18.5 Å². The maximum atomic E-state index is 13.9. The van der Waals surface area contributed by atoms with Crippen LogP contribution in [0.3, 0.4) is 0 Å². The van der Waals surface area contributed by atoms with Crippen molar-refractivity contribution >= 4 is 17.4 Å². The molecule has 1 fully saturated rings. The minimum Gasteiger partial charge on any atom is -0.376 e. The molecule has 0 spiro atoms. The number of fused-ring (bicyclic) bond motifs is 1. The second-order valence-corrected chi connectivity index (χ2v) is 4.58. The van der Waals surface area contributed by atoms with E-state index in [2.05, 4.69) is 9.97 Å². The minimum atomic E-state index is -1.20. The summed E-state index contributed by atoms with van der Waals surface area (Å²) in [5.41, 5.74) is 1.70. The molecule has 3 heterocycles. The molecule has 1 aromatic rings. The second-order valence-electron chi connectivity index (χ2n) is 4.25. The monoisotopic (exact) mass is 273 g/mol. The number of ether oxygens (including phenoxy) is 2. The van der Waals surface area contributed by atoms with Crippen LogP contribution in [-0.4, -0.2) is 42.6 Å². The predicted octanol–water partition coefficient (Wildman–Crippen LogP) is 1.33. The number of hydrogen-bond donors (Lipinski definition) is 0. The summed E-state index contributed by atoms with van der Waals surface area (Å²) in [6, 6.07) is 0. The van der Waals surface area contributed by atoms with E-state index in [4.69, 9.17) is 21.1 Å². The summed E-state index contributed by atoms with van der Waals surface area (Å²) < 4.78 is 24.4. The molecule has 2 aliphatic rings. The molecular weight excluding hydrogens is 261 g/mol. The molecule has 7 heteroatoms. The fraction of sp³-hybridized carbons (Fsp3) is 0.636. The quantitative estimate of drug-likeness (QED) is 0.571. The van der Waals surface area contributed by atoms with Crippen molar-refractivity contribution in [3.8, 4) is 0 Å². The number of hydrogen-bond acceptors (Lipinski definition) is 5. The number of aromatic nitrogens is 2. The predicted molar refractivity (Wildman–Crippen MR) is 63.5 cm³/mol. The highest BCUT2D eigenvalue weighted by molar-refractivity contribution is 6.28. The van der Waals surface area contributed by atoms with Crippen LogP contribution in [0.25, 0.3) is 0 Å². The van der Waals surface area contributed by atoms with Gasteiger partial charge in [-0.25, -0.2) is 14.4 Å². The van der Waals surface area contributed by atoms with Gasteiger partial charge < -0.3 is 14.4 Å². The van der Waals surface area contributed by atoms with E-state index in [-0.39, 0.29) is 11.9 Å². The third-order valence-corrected chi connectivity index (χ3v) is 3.28. The van der Waals surface area contributed by atoms with E-state index in [9.17, 15) is 4.39 Å². The smallest absolute Gasteiger partial charge is 0.224 e. The Morgan fingerprint density at radius 1 is 1.28 bits per heavy atom. The molecule has 1 aromatic heterocycles. The Kier molecular flexibility index (Phi) is 3.32. The maximum Gasteiger partial charge on any atom is 0.224 e. The van der Waals surface area contributed by atoms with Crippen molar-refractivity contribution in [3.05, 3.63) is 16.5 Å². The molecule has 0 aromatic carbocycles. The lowest BCUT2D eigenvalue weighted by Crippen LogP contribution is -2.44. The lowest BCUT2D eigenvalue weighted by molar-refractivity contribution is 0.0483. The van der Waals surface area contributed by atoms with Crippen molar-refractivity contribution < 1.29 is 13.9 Å². The Labute approximate surface area is 109 Å². The molecule has 0 radical (unpaired) electrons. The van der Waals surface area contributed by atoms with Gasteiger partial charge in [0.2, 0.25) is 5.28 Å².